The molecule has 0 radical (unpaired) electrons. The van der Waals surface area contributed by atoms with Crippen LogP contribution in [-0.4, -0.2) is 52.6 Å². The summed E-state index contributed by atoms with van der Waals surface area (Å²) >= 11 is 3.53. The molecule has 1 aromatic carbocycles. The molecule has 0 unspecified atom stereocenters. The zero-order valence-corrected chi connectivity index (χ0v) is 18.5. The SMILES string of the molecule is C[C@@H]1CC[C@H]2C(=O)N(CC3CCCCC3)C[C@H](O)CN2[C@@H]1c1ccc(Br)cc1. The molecule has 1 aliphatic carbocycles. The second-order valence-electron chi connectivity index (χ2n) is 9.16. The minimum atomic E-state index is -0.471. The van der Waals surface area contributed by atoms with E-state index in [1.165, 1.54) is 37.7 Å². The number of benzene rings is 1. The maximum absolute atomic E-state index is 13.5. The van der Waals surface area contributed by atoms with E-state index in [1.807, 2.05) is 4.90 Å². The molecule has 2 heterocycles. The third-order valence-corrected chi connectivity index (χ3v) is 7.59. The van der Waals surface area contributed by atoms with Gasteiger partial charge in [-0.05, 0) is 55.2 Å². The lowest BCUT2D eigenvalue weighted by molar-refractivity contribution is -0.139. The Balaban J connectivity index is 1.56. The van der Waals surface area contributed by atoms with Gasteiger partial charge in [-0.3, -0.25) is 9.69 Å². The summed E-state index contributed by atoms with van der Waals surface area (Å²) in [6.45, 7) is 4.19. The fraction of sp³-hybridized carbons (Fsp3) is 0.696. The molecule has 28 heavy (non-hydrogen) atoms. The fourth-order valence-corrected chi connectivity index (χ4v) is 5.92. The first-order valence-corrected chi connectivity index (χ1v) is 11.8. The first kappa shape index (κ1) is 20.4. The second kappa shape index (κ2) is 8.85. The van der Waals surface area contributed by atoms with E-state index in [0.29, 0.717) is 24.9 Å². The lowest BCUT2D eigenvalue weighted by Gasteiger charge is -2.45. The Kier molecular flexibility index (Phi) is 6.43. The molecule has 2 aliphatic heterocycles. The number of β-amino-alcohol motifs (C(OH)–C–C–N with tert-alkyl or cyclic N) is 1. The number of carbonyl (C=O) groups excluding carboxylic acids is 1. The molecule has 4 nitrogen and oxygen atoms in total. The van der Waals surface area contributed by atoms with Crippen LogP contribution in [0.2, 0.25) is 0 Å². The molecule has 0 spiro atoms. The standard InChI is InChI=1S/C23H33BrN2O2/c1-16-7-12-21-23(28)25(13-17-5-3-2-4-6-17)14-20(27)15-26(21)22(16)18-8-10-19(24)11-9-18/h8-11,16-17,20-22,27H,2-7,12-15H2,1H3/t16-,20+,21+,22+/m1/s1. The average Bonchev–Trinajstić information content (AvgIpc) is 2.80. The van der Waals surface area contributed by atoms with E-state index in [9.17, 15) is 9.90 Å². The predicted octanol–water partition coefficient (Wildman–Crippen LogP) is 4.37. The summed E-state index contributed by atoms with van der Waals surface area (Å²) in [5.74, 6) is 1.33. The summed E-state index contributed by atoms with van der Waals surface area (Å²) in [4.78, 5) is 17.8. The molecule has 3 aliphatic rings. The van der Waals surface area contributed by atoms with Gasteiger partial charge in [-0.1, -0.05) is 54.2 Å². The predicted molar refractivity (Wildman–Crippen MR) is 115 cm³/mol. The number of rotatable bonds is 3. The Labute approximate surface area is 177 Å². The van der Waals surface area contributed by atoms with Crippen LogP contribution in [0.3, 0.4) is 0 Å². The molecule has 0 aromatic heterocycles. The monoisotopic (exact) mass is 448 g/mol. The van der Waals surface area contributed by atoms with Crippen LogP contribution in [0.15, 0.2) is 28.7 Å². The van der Waals surface area contributed by atoms with Crippen molar-refractivity contribution >= 4 is 21.8 Å². The molecule has 0 bridgehead atoms. The third kappa shape index (κ3) is 4.31. The van der Waals surface area contributed by atoms with Gasteiger partial charge < -0.3 is 10.0 Å². The van der Waals surface area contributed by atoms with Crippen molar-refractivity contribution < 1.29 is 9.90 Å². The molecular formula is C23H33BrN2O2. The Morgan fingerprint density at radius 1 is 1.04 bits per heavy atom. The second-order valence-corrected chi connectivity index (χ2v) is 10.1. The van der Waals surface area contributed by atoms with Crippen LogP contribution in [0, 0.1) is 11.8 Å². The Hall–Kier alpha value is -0.910. The van der Waals surface area contributed by atoms with Crippen LogP contribution in [0.5, 0.6) is 0 Å². The normalized spacial score (nSPS) is 32.8. The minimum Gasteiger partial charge on any atom is -0.390 e. The lowest BCUT2D eigenvalue weighted by atomic mass is 9.82. The summed E-state index contributed by atoms with van der Waals surface area (Å²) in [5.41, 5.74) is 1.25. The number of aliphatic hydroxyl groups is 1. The van der Waals surface area contributed by atoms with E-state index in [4.69, 9.17) is 0 Å². The number of amides is 1. The van der Waals surface area contributed by atoms with Gasteiger partial charge >= 0.3 is 0 Å². The van der Waals surface area contributed by atoms with Crippen LogP contribution in [0.1, 0.15) is 63.5 Å². The number of hydrogen-bond acceptors (Lipinski definition) is 3. The average molecular weight is 449 g/mol. The molecule has 154 valence electrons. The number of halogens is 1. The Morgan fingerprint density at radius 2 is 1.75 bits per heavy atom. The van der Waals surface area contributed by atoms with Crippen molar-refractivity contribution in [2.75, 3.05) is 19.6 Å². The number of hydrogen-bond donors (Lipinski definition) is 1. The first-order valence-electron chi connectivity index (χ1n) is 11.0. The smallest absolute Gasteiger partial charge is 0.240 e. The number of nitrogens with zero attached hydrogens (tertiary/aromatic N) is 2. The summed E-state index contributed by atoms with van der Waals surface area (Å²) in [5, 5.41) is 10.8. The van der Waals surface area contributed by atoms with Crippen LogP contribution in [0.4, 0.5) is 0 Å². The van der Waals surface area contributed by atoms with Gasteiger partial charge in [0, 0.05) is 30.1 Å². The highest BCUT2D eigenvalue weighted by Crippen LogP contribution is 2.41. The molecular weight excluding hydrogens is 416 g/mol. The highest BCUT2D eigenvalue weighted by molar-refractivity contribution is 9.10. The van der Waals surface area contributed by atoms with E-state index in [0.717, 1.165) is 23.9 Å². The summed E-state index contributed by atoms with van der Waals surface area (Å²) in [6, 6.07) is 8.59. The molecule has 1 aromatic rings. The highest BCUT2D eigenvalue weighted by Gasteiger charge is 2.44. The van der Waals surface area contributed by atoms with Crippen molar-refractivity contribution in [3.63, 3.8) is 0 Å². The molecule has 4 rings (SSSR count). The van der Waals surface area contributed by atoms with Gasteiger partial charge in [-0.25, -0.2) is 0 Å². The van der Waals surface area contributed by atoms with Crippen molar-refractivity contribution in [2.45, 2.75) is 70.1 Å². The van der Waals surface area contributed by atoms with Gasteiger partial charge in [0.25, 0.3) is 0 Å². The molecule has 5 heteroatoms. The molecule has 1 saturated carbocycles. The van der Waals surface area contributed by atoms with Gasteiger partial charge in [0.15, 0.2) is 0 Å². The van der Waals surface area contributed by atoms with E-state index in [2.05, 4.69) is 52.0 Å². The van der Waals surface area contributed by atoms with Crippen molar-refractivity contribution in [1.82, 2.24) is 9.80 Å². The van der Waals surface area contributed by atoms with Crippen LogP contribution in [0.25, 0.3) is 0 Å². The van der Waals surface area contributed by atoms with E-state index in [-0.39, 0.29) is 18.0 Å². The van der Waals surface area contributed by atoms with Crippen LogP contribution in [-0.2, 0) is 4.79 Å². The zero-order valence-electron chi connectivity index (χ0n) is 16.9. The molecule has 1 amide bonds. The fourth-order valence-electron chi connectivity index (χ4n) is 5.65. The lowest BCUT2D eigenvalue weighted by Crippen LogP contribution is -2.52. The number of aliphatic hydroxyl groups excluding tert-OH is 1. The van der Waals surface area contributed by atoms with Crippen molar-refractivity contribution in [2.24, 2.45) is 11.8 Å². The Bertz CT molecular complexity index is 674. The number of fused-ring (bicyclic) bond motifs is 1. The van der Waals surface area contributed by atoms with Gasteiger partial charge in [-0.15, -0.1) is 0 Å². The summed E-state index contributed by atoms with van der Waals surface area (Å²) in [7, 11) is 0. The Morgan fingerprint density at radius 3 is 2.46 bits per heavy atom. The third-order valence-electron chi connectivity index (χ3n) is 7.06. The summed E-state index contributed by atoms with van der Waals surface area (Å²) < 4.78 is 1.07. The first-order chi connectivity index (χ1) is 13.5. The molecule has 2 saturated heterocycles. The van der Waals surface area contributed by atoms with Crippen molar-refractivity contribution in [1.29, 1.82) is 0 Å². The van der Waals surface area contributed by atoms with Crippen LogP contribution < -0.4 is 0 Å². The molecule has 3 fully saturated rings. The van der Waals surface area contributed by atoms with Gasteiger partial charge in [0.2, 0.25) is 5.91 Å². The van der Waals surface area contributed by atoms with Crippen LogP contribution >= 0.6 is 15.9 Å². The topological polar surface area (TPSA) is 43.8 Å². The minimum absolute atomic E-state index is 0.0920. The maximum Gasteiger partial charge on any atom is 0.240 e. The van der Waals surface area contributed by atoms with Gasteiger partial charge in [-0.2, -0.15) is 0 Å². The largest absolute Gasteiger partial charge is 0.390 e. The van der Waals surface area contributed by atoms with Gasteiger partial charge in [0.1, 0.15) is 0 Å². The van der Waals surface area contributed by atoms with E-state index >= 15 is 0 Å². The summed E-state index contributed by atoms with van der Waals surface area (Å²) in [6.07, 6.45) is 7.85. The van der Waals surface area contributed by atoms with Crippen molar-refractivity contribution in [3.8, 4) is 0 Å². The van der Waals surface area contributed by atoms with Gasteiger partial charge in [0.05, 0.1) is 12.1 Å². The van der Waals surface area contributed by atoms with Crippen molar-refractivity contribution in [3.05, 3.63) is 34.3 Å². The number of carbonyl (C=O) groups is 1. The van der Waals surface area contributed by atoms with E-state index in [1.54, 1.807) is 0 Å². The maximum atomic E-state index is 13.5. The quantitative estimate of drug-likeness (QED) is 0.745. The highest BCUT2D eigenvalue weighted by atomic mass is 79.9. The number of piperidine rings is 1. The molecule has 4 atom stereocenters. The zero-order chi connectivity index (χ0) is 19.7. The van der Waals surface area contributed by atoms with E-state index < -0.39 is 6.10 Å². The molecule has 1 N–H and O–H groups in total.